The molecule has 3 nitrogen and oxygen atoms in total. The maximum absolute atomic E-state index is 12.0. The van der Waals surface area contributed by atoms with Gasteiger partial charge in [-0.1, -0.05) is 24.8 Å². The van der Waals surface area contributed by atoms with Gasteiger partial charge < -0.3 is 10.4 Å². The smallest absolute Gasteiger partial charge is 0.251 e. The lowest BCUT2D eigenvalue weighted by Gasteiger charge is -2.06. The van der Waals surface area contributed by atoms with Crippen molar-refractivity contribution >= 4 is 5.91 Å². The number of aryl methyl sites for hydroxylation is 1. The van der Waals surface area contributed by atoms with Crippen molar-refractivity contribution in [3.63, 3.8) is 0 Å². The summed E-state index contributed by atoms with van der Waals surface area (Å²) in [5, 5.41) is 11.7. The number of nitrogens with one attached hydrogen (secondary N) is 1. The van der Waals surface area contributed by atoms with Crippen LogP contribution in [-0.4, -0.2) is 23.7 Å². The molecule has 0 aliphatic heterocycles. The first kappa shape index (κ1) is 13.6. The molecule has 1 fully saturated rings. The zero-order valence-electron chi connectivity index (χ0n) is 11.4. The molecular weight excluding hydrogens is 238 g/mol. The van der Waals surface area contributed by atoms with Crippen molar-refractivity contribution in [2.24, 2.45) is 5.92 Å². The Hall–Kier alpha value is -1.79. The zero-order chi connectivity index (χ0) is 13.8. The van der Waals surface area contributed by atoms with Gasteiger partial charge in [0.05, 0.1) is 6.61 Å². The minimum atomic E-state index is -0.0282. The van der Waals surface area contributed by atoms with Crippen LogP contribution in [0.25, 0.3) is 0 Å². The summed E-state index contributed by atoms with van der Waals surface area (Å²) in [5.74, 6) is 6.45. The van der Waals surface area contributed by atoms with E-state index in [1.54, 1.807) is 0 Å². The fourth-order valence-corrected chi connectivity index (χ4v) is 1.89. The monoisotopic (exact) mass is 257 g/mol. The third kappa shape index (κ3) is 3.59. The number of amides is 1. The Morgan fingerprint density at radius 3 is 2.89 bits per heavy atom. The fraction of sp³-hybridized carbons (Fsp3) is 0.438. The van der Waals surface area contributed by atoms with Crippen molar-refractivity contribution in [1.82, 2.24) is 5.32 Å². The van der Waals surface area contributed by atoms with Gasteiger partial charge in [0.25, 0.3) is 5.91 Å². The third-order valence-electron chi connectivity index (χ3n) is 3.39. The number of hydrogen-bond acceptors (Lipinski definition) is 2. The second-order valence-corrected chi connectivity index (χ2v) is 5.10. The number of rotatable bonds is 3. The molecule has 2 unspecified atom stereocenters. The Bertz CT molecular complexity index is 539. The van der Waals surface area contributed by atoms with E-state index in [1.165, 1.54) is 0 Å². The van der Waals surface area contributed by atoms with E-state index in [0.717, 1.165) is 17.5 Å². The number of hydrogen-bond donors (Lipinski definition) is 2. The number of carbonyl (C=O) groups excluding carboxylic acids is 1. The highest BCUT2D eigenvalue weighted by Crippen LogP contribution is 2.29. The summed E-state index contributed by atoms with van der Waals surface area (Å²) in [7, 11) is 0. The lowest BCUT2D eigenvalue weighted by molar-refractivity contribution is 0.0949. The SMILES string of the molecule is Cc1ccc(C(=O)NC2CC2C)cc1C#CCCO. The van der Waals surface area contributed by atoms with E-state index < -0.39 is 0 Å². The predicted octanol–water partition coefficient (Wildman–Crippen LogP) is 1.87. The van der Waals surface area contributed by atoms with Crippen LogP contribution < -0.4 is 5.32 Å². The summed E-state index contributed by atoms with van der Waals surface area (Å²) >= 11 is 0. The average Bonchev–Trinajstić information content (AvgIpc) is 3.07. The number of aliphatic hydroxyl groups excluding tert-OH is 1. The summed E-state index contributed by atoms with van der Waals surface area (Å²) in [6.07, 6.45) is 1.52. The predicted molar refractivity (Wildman–Crippen MR) is 74.8 cm³/mol. The molecule has 1 amide bonds. The maximum Gasteiger partial charge on any atom is 0.251 e. The third-order valence-corrected chi connectivity index (χ3v) is 3.39. The van der Waals surface area contributed by atoms with Crippen LogP contribution in [-0.2, 0) is 0 Å². The standard InChI is InChI=1S/C16H19NO2/c1-11-6-7-14(10-13(11)5-3-4-8-18)16(19)17-15-9-12(15)2/h6-7,10,12,15,18H,4,8-9H2,1-2H3,(H,17,19). The summed E-state index contributed by atoms with van der Waals surface area (Å²) in [6, 6.07) is 5.89. The summed E-state index contributed by atoms with van der Waals surface area (Å²) < 4.78 is 0. The van der Waals surface area contributed by atoms with Crippen LogP contribution in [0.15, 0.2) is 18.2 Å². The zero-order valence-corrected chi connectivity index (χ0v) is 11.4. The molecule has 1 aliphatic carbocycles. The molecular formula is C16H19NO2. The molecule has 3 heteroatoms. The molecule has 19 heavy (non-hydrogen) atoms. The molecule has 1 aromatic rings. The molecule has 1 aliphatic rings. The largest absolute Gasteiger partial charge is 0.395 e. The lowest BCUT2D eigenvalue weighted by Crippen LogP contribution is -2.26. The van der Waals surface area contributed by atoms with Gasteiger partial charge in [-0.25, -0.2) is 0 Å². The molecule has 0 saturated heterocycles. The van der Waals surface area contributed by atoms with Crippen LogP contribution in [0.5, 0.6) is 0 Å². The lowest BCUT2D eigenvalue weighted by atomic mass is 10.0. The Balaban J connectivity index is 2.11. The molecule has 2 N–H and O–H groups in total. The van der Waals surface area contributed by atoms with Crippen molar-refractivity contribution in [3.05, 3.63) is 34.9 Å². The Labute approximate surface area is 114 Å². The Morgan fingerprint density at radius 2 is 2.26 bits per heavy atom. The molecule has 1 aromatic carbocycles. The second kappa shape index (κ2) is 5.90. The molecule has 0 bridgehead atoms. The highest BCUT2D eigenvalue weighted by molar-refractivity contribution is 5.95. The van der Waals surface area contributed by atoms with Gasteiger partial charge in [-0.3, -0.25) is 4.79 Å². The molecule has 0 radical (unpaired) electrons. The summed E-state index contributed by atoms with van der Waals surface area (Å²) in [6.45, 7) is 4.16. The van der Waals surface area contributed by atoms with E-state index in [4.69, 9.17) is 5.11 Å². The van der Waals surface area contributed by atoms with Crippen molar-refractivity contribution in [2.45, 2.75) is 32.7 Å². The quantitative estimate of drug-likeness (QED) is 0.812. The molecule has 0 heterocycles. The Morgan fingerprint density at radius 1 is 1.53 bits per heavy atom. The highest BCUT2D eigenvalue weighted by atomic mass is 16.2. The van der Waals surface area contributed by atoms with E-state index in [9.17, 15) is 4.79 Å². The van der Waals surface area contributed by atoms with Crippen molar-refractivity contribution in [2.75, 3.05) is 6.61 Å². The van der Waals surface area contributed by atoms with Gasteiger partial charge in [0, 0.05) is 23.6 Å². The number of carbonyl (C=O) groups is 1. The molecule has 1 saturated carbocycles. The summed E-state index contributed by atoms with van der Waals surface area (Å²) in [5.41, 5.74) is 2.55. The minimum absolute atomic E-state index is 0.0282. The normalized spacial score (nSPS) is 20.4. The van der Waals surface area contributed by atoms with Gasteiger partial charge in [0.15, 0.2) is 0 Å². The maximum atomic E-state index is 12.0. The topological polar surface area (TPSA) is 49.3 Å². The molecule has 2 rings (SSSR count). The van der Waals surface area contributed by atoms with Gasteiger partial charge in [-0.15, -0.1) is 0 Å². The minimum Gasteiger partial charge on any atom is -0.395 e. The van der Waals surface area contributed by atoms with Crippen LogP contribution in [0.3, 0.4) is 0 Å². The number of benzene rings is 1. The average molecular weight is 257 g/mol. The van der Waals surface area contributed by atoms with Crippen LogP contribution in [0, 0.1) is 24.7 Å². The van der Waals surface area contributed by atoms with Gasteiger partial charge in [0.1, 0.15) is 0 Å². The highest BCUT2D eigenvalue weighted by Gasteiger charge is 2.33. The van der Waals surface area contributed by atoms with Gasteiger partial charge in [-0.2, -0.15) is 0 Å². The first-order valence-corrected chi connectivity index (χ1v) is 6.63. The first-order chi connectivity index (χ1) is 9.11. The van der Waals surface area contributed by atoms with Crippen LogP contribution in [0.1, 0.15) is 41.3 Å². The Kier molecular flexibility index (Phi) is 4.24. The van der Waals surface area contributed by atoms with Crippen molar-refractivity contribution < 1.29 is 9.90 Å². The van der Waals surface area contributed by atoms with E-state index in [-0.39, 0.29) is 12.5 Å². The van der Waals surface area contributed by atoms with Crippen molar-refractivity contribution in [3.8, 4) is 11.8 Å². The molecule has 2 atom stereocenters. The van der Waals surface area contributed by atoms with Gasteiger partial charge >= 0.3 is 0 Å². The van der Waals surface area contributed by atoms with E-state index in [2.05, 4.69) is 24.1 Å². The fourth-order valence-electron chi connectivity index (χ4n) is 1.89. The molecule has 100 valence electrons. The van der Waals surface area contributed by atoms with E-state index >= 15 is 0 Å². The summed E-state index contributed by atoms with van der Waals surface area (Å²) in [4.78, 5) is 12.0. The van der Waals surface area contributed by atoms with E-state index in [1.807, 2.05) is 25.1 Å². The van der Waals surface area contributed by atoms with Crippen LogP contribution in [0.2, 0.25) is 0 Å². The van der Waals surface area contributed by atoms with Gasteiger partial charge in [0.2, 0.25) is 0 Å². The number of aliphatic hydroxyl groups is 1. The van der Waals surface area contributed by atoms with Crippen LogP contribution in [0.4, 0.5) is 0 Å². The van der Waals surface area contributed by atoms with E-state index in [0.29, 0.717) is 23.9 Å². The van der Waals surface area contributed by atoms with Gasteiger partial charge in [-0.05, 0) is 37.0 Å². The van der Waals surface area contributed by atoms with Crippen molar-refractivity contribution in [1.29, 1.82) is 0 Å². The second-order valence-electron chi connectivity index (χ2n) is 5.10. The first-order valence-electron chi connectivity index (χ1n) is 6.63. The molecule has 0 spiro atoms. The molecule has 0 aromatic heterocycles. The van der Waals surface area contributed by atoms with Crippen LogP contribution >= 0.6 is 0 Å².